The summed E-state index contributed by atoms with van der Waals surface area (Å²) >= 11 is 0. The maximum Gasteiger partial charge on any atom is 0.169 e. The van der Waals surface area contributed by atoms with E-state index < -0.39 is 6.17 Å². The standard InChI is InChI=1S/C46H35N3/c1-46(2)41-29-38(25-26-39(41)40-27-36-15-9-10-16-37(36)28-42(40)46)45-48-43(34-21-17-32(18-22-34)30-11-5-3-6-12-30)47-44(49-45)35-23-19-33(20-24-35)31-13-7-4-8-14-31/h3-29,45H,1-2H3,(H,47,48,49). The minimum Gasteiger partial charge on any atom is -0.324 e. The monoisotopic (exact) mass is 629 g/mol. The summed E-state index contributed by atoms with van der Waals surface area (Å²) in [6, 6.07) is 58.5. The van der Waals surface area contributed by atoms with E-state index in [0.29, 0.717) is 0 Å². The van der Waals surface area contributed by atoms with Crippen LogP contribution in [0.2, 0.25) is 0 Å². The normalized spacial score (nSPS) is 14.8. The van der Waals surface area contributed by atoms with Crippen molar-refractivity contribution in [3.8, 4) is 33.4 Å². The predicted octanol–water partition coefficient (Wildman–Crippen LogP) is 11.0. The van der Waals surface area contributed by atoms with Crippen molar-refractivity contribution < 1.29 is 0 Å². The van der Waals surface area contributed by atoms with Gasteiger partial charge in [-0.2, -0.15) is 0 Å². The summed E-state index contributed by atoms with van der Waals surface area (Å²) < 4.78 is 0. The van der Waals surface area contributed by atoms with Crippen molar-refractivity contribution in [3.63, 3.8) is 0 Å². The second-order valence-corrected chi connectivity index (χ2v) is 13.5. The van der Waals surface area contributed by atoms with E-state index in [1.807, 2.05) is 12.1 Å². The average Bonchev–Trinajstić information content (AvgIpc) is 3.39. The van der Waals surface area contributed by atoms with E-state index in [2.05, 4.69) is 171 Å². The first-order valence-corrected chi connectivity index (χ1v) is 16.9. The van der Waals surface area contributed by atoms with Crippen molar-refractivity contribution in [2.75, 3.05) is 0 Å². The van der Waals surface area contributed by atoms with Gasteiger partial charge in [0.05, 0.1) is 0 Å². The molecule has 49 heavy (non-hydrogen) atoms. The molecule has 1 aliphatic carbocycles. The fraction of sp³-hybridized carbons (Fsp3) is 0.0870. The predicted molar refractivity (Wildman–Crippen MR) is 204 cm³/mol. The number of rotatable bonds is 5. The molecular formula is C46H35N3. The summed E-state index contributed by atoms with van der Waals surface area (Å²) in [6.45, 7) is 4.68. The van der Waals surface area contributed by atoms with Crippen LogP contribution in [0.5, 0.6) is 0 Å². The van der Waals surface area contributed by atoms with Crippen molar-refractivity contribution in [3.05, 3.63) is 192 Å². The van der Waals surface area contributed by atoms with Gasteiger partial charge in [0.1, 0.15) is 11.7 Å². The zero-order valence-electron chi connectivity index (χ0n) is 27.6. The van der Waals surface area contributed by atoms with Crippen LogP contribution in [0.25, 0.3) is 44.2 Å². The van der Waals surface area contributed by atoms with Gasteiger partial charge in [0, 0.05) is 16.5 Å². The molecule has 0 spiro atoms. The molecule has 0 saturated heterocycles. The fourth-order valence-electron chi connectivity index (χ4n) is 7.39. The summed E-state index contributed by atoms with van der Waals surface area (Å²) in [5, 5.41) is 6.15. The van der Waals surface area contributed by atoms with E-state index in [0.717, 1.165) is 28.4 Å². The molecule has 0 aromatic heterocycles. The lowest BCUT2D eigenvalue weighted by molar-refractivity contribution is 0.656. The van der Waals surface area contributed by atoms with Gasteiger partial charge in [0.2, 0.25) is 0 Å². The van der Waals surface area contributed by atoms with Crippen LogP contribution in [0.3, 0.4) is 0 Å². The number of benzene rings is 7. The van der Waals surface area contributed by atoms with Gasteiger partial charge in [-0.1, -0.05) is 166 Å². The Hall–Kier alpha value is -6.06. The van der Waals surface area contributed by atoms with Crippen LogP contribution < -0.4 is 5.32 Å². The fourth-order valence-corrected chi connectivity index (χ4v) is 7.39. The molecule has 0 bridgehead atoms. The van der Waals surface area contributed by atoms with Crippen LogP contribution in [-0.2, 0) is 5.41 Å². The zero-order valence-corrected chi connectivity index (χ0v) is 27.6. The van der Waals surface area contributed by atoms with Gasteiger partial charge < -0.3 is 5.32 Å². The van der Waals surface area contributed by atoms with Gasteiger partial charge in [-0.15, -0.1) is 0 Å². The largest absolute Gasteiger partial charge is 0.324 e. The van der Waals surface area contributed by atoms with Crippen LogP contribution in [0, 0.1) is 0 Å². The Morgan fingerprint density at radius 1 is 0.429 bits per heavy atom. The highest BCUT2D eigenvalue weighted by molar-refractivity contribution is 6.16. The van der Waals surface area contributed by atoms with Gasteiger partial charge in [-0.3, -0.25) is 0 Å². The Bertz CT molecular complexity index is 2300. The molecule has 0 amide bonds. The number of hydrogen-bond acceptors (Lipinski definition) is 3. The van der Waals surface area contributed by atoms with Crippen molar-refractivity contribution in [1.82, 2.24) is 5.32 Å². The second kappa shape index (κ2) is 11.6. The molecule has 7 aromatic rings. The lowest BCUT2D eigenvalue weighted by Gasteiger charge is -2.25. The molecule has 0 atom stereocenters. The zero-order chi connectivity index (χ0) is 33.0. The SMILES string of the molecule is CC1(C)c2cc(C3N=C(c4ccc(-c5ccccc5)cc4)NC(c4ccc(-c5ccccc5)cc4)=N3)ccc2-c2cc3ccccc3cc21. The molecule has 0 unspecified atom stereocenters. The van der Waals surface area contributed by atoms with Crippen LogP contribution in [0.1, 0.15) is 47.8 Å². The maximum atomic E-state index is 5.25. The molecule has 3 heteroatoms. The minimum absolute atomic E-state index is 0.142. The molecule has 1 N–H and O–H groups in total. The van der Waals surface area contributed by atoms with E-state index in [1.165, 1.54) is 55.3 Å². The lowest BCUT2D eigenvalue weighted by Crippen LogP contribution is -2.36. The number of nitrogens with one attached hydrogen (secondary N) is 1. The number of nitrogens with zero attached hydrogens (tertiary/aromatic N) is 2. The van der Waals surface area contributed by atoms with Gasteiger partial charge in [-0.25, -0.2) is 9.98 Å². The van der Waals surface area contributed by atoms with Crippen LogP contribution in [-0.4, -0.2) is 11.7 Å². The first-order valence-electron chi connectivity index (χ1n) is 16.9. The summed E-state index contributed by atoms with van der Waals surface area (Å²) in [4.78, 5) is 10.5. The molecule has 9 rings (SSSR count). The van der Waals surface area contributed by atoms with E-state index in [1.54, 1.807) is 0 Å². The molecule has 7 aromatic carbocycles. The topological polar surface area (TPSA) is 36.8 Å². The van der Waals surface area contributed by atoms with Crippen molar-refractivity contribution in [2.45, 2.75) is 25.4 Å². The molecule has 0 fully saturated rings. The average molecular weight is 630 g/mol. The summed E-state index contributed by atoms with van der Waals surface area (Å²) in [5.74, 6) is 1.63. The third-order valence-corrected chi connectivity index (χ3v) is 10.1. The van der Waals surface area contributed by atoms with Gasteiger partial charge >= 0.3 is 0 Å². The van der Waals surface area contributed by atoms with Gasteiger partial charge in [0.15, 0.2) is 6.17 Å². The van der Waals surface area contributed by atoms with Gasteiger partial charge in [-0.05, 0) is 73.0 Å². The van der Waals surface area contributed by atoms with Crippen molar-refractivity contribution in [2.24, 2.45) is 9.98 Å². The Kier molecular flexibility index (Phi) is 6.87. The molecular weight excluding hydrogens is 595 g/mol. The molecule has 0 saturated carbocycles. The highest BCUT2D eigenvalue weighted by Crippen LogP contribution is 2.50. The Morgan fingerprint density at radius 3 is 1.43 bits per heavy atom. The van der Waals surface area contributed by atoms with Crippen LogP contribution in [0.15, 0.2) is 174 Å². The number of amidine groups is 2. The Balaban J connectivity index is 1.12. The van der Waals surface area contributed by atoms with Crippen molar-refractivity contribution >= 4 is 22.4 Å². The molecule has 1 heterocycles. The number of fused-ring (bicyclic) bond motifs is 4. The smallest absolute Gasteiger partial charge is 0.169 e. The lowest BCUT2D eigenvalue weighted by atomic mass is 9.81. The number of aliphatic imine (C=N–C) groups is 2. The molecule has 0 radical (unpaired) electrons. The number of hydrogen-bond donors (Lipinski definition) is 1. The molecule has 2 aliphatic rings. The quantitative estimate of drug-likeness (QED) is 0.202. The summed E-state index contributed by atoms with van der Waals surface area (Å²) in [5.41, 5.74) is 13.0. The third-order valence-electron chi connectivity index (χ3n) is 10.1. The molecule has 234 valence electrons. The van der Waals surface area contributed by atoms with E-state index in [9.17, 15) is 0 Å². The Morgan fingerprint density at radius 2 is 0.878 bits per heavy atom. The Labute approximate surface area is 287 Å². The maximum absolute atomic E-state index is 5.25. The van der Waals surface area contributed by atoms with E-state index >= 15 is 0 Å². The van der Waals surface area contributed by atoms with Crippen LogP contribution in [0.4, 0.5) is 0 Å². The second-order valence-electron chi connectivity index (χ2n) is 13.5. The first kappa shape index (κ1) is 29.1. The summed E-state index contributed by atoms with van der Waals surface area (Å²) in [7, 11) is 0. The third kappa shape index (κ3) is 5.15. The van der Waals surface area contributed by atoms with Crippen molar-refractivity contribution in [1.29, 1.82) is 0 Å². The molecule has 3 nitrogen and oxygen atoms in total. The molecule has 1 aliphatic heterocycles. The van der Waals surface area contributed by atoms with Crippen LogP contribution >= 0.6 is 0 Å². The van der Waals surface area contributed by atoms with E-state index in [4.69, 9.17) is 9.98 Å². The highest BCUT2D eigenvalue weighted by Gasteiger charge is 2.36. The van der Waals surface area contributed by atoms with Gasteiger partial charge in [0.25, 0.3) is 0 Å². The van der Waals surface area contributed by atoms with E-state index in [-0.39, 0.29) is 5.41 Å². The highest BCUT2D eigenvalue weighted by atomic mass is 15.2. The minimum atomic E-state index is -0.391. The first-order chi connectivity index (χ1) is 24.0. The summed E-state index contributed by atoms with van der Waals surface area (Å²) in [6.07, 6.45) is -0.391.